The van der Waals surface area contributed by atoms with Gasteiger partial charge >= 0.3 is 0 Å². The lowest BCUT2D eigenvalue weighted by Gasteiger charge is -2.22. The van der Waals surface area contributed by atoms with Gasteiger partial charge in [-0.3, -0.25) is 0 Å². The molecule has 2 heteroatoms. The SMILES string of the molecule is CCN(CC)CCCC1c2ccccc2CCc2c1c1ccccc1n2C. The Morgan fingerprint density at radius 1 is 0.963 bits per heavy atom. The minimum Gasteiger partial charge on any atom is -0.347 e. The molecule has 142 valence electrons. The predicted octanol–water partition coefficient (Wildman–Crippen LogP) is 5.53. The molecule has 0 N–H and O–H groups in total. The Morgan fingerprint density at radius 2 is 1.70 bits per heavy atom. The number of nitrogens with zero attached hydrogens (tertiary/aromatic N) is 2. The molecule has 0 spiro atoms. The number of rotatable bonds is 6. The van der Waals surface area contributed by atoms with Crippen LogP contribution < -0.4 is 0 Å². The van der Waals surface area contributed by atoms with Crippen LogP contribution in [0.4, 0.5) is 0 Å². The number of para-hydroxylation sites is 1. The first kappa shape index (κ1) is 18.3. The van der Waals surface area contributed by atoms with Crippen LogP contribution in [0.5, 0.6) is 0 Å². The molecular formula is C25H32N2. The van der Waals surface area contributed by atoms with E-state index in [2.05, 4.69) is 78.9 Å². The maximum absolute atomic E-state index is 2.55. The Labute approximate surface area is 163 Å². The van der Waals surface area contributed by atoms with Crippen molar-refractivity contribution in [3.63, 3.8) is 0 Å². The summed E-state index contributed by atoms with van der Waals surface area (Å²) in [6.45, 7) is 8.04. The van der Waals surface area contributed by atoms with Crippen molar-refractivity contribution in [3.8, 4) is 0 Å². The molecule has 0 saturated heterocycles. The van der Waals surface area contributed by atoms with Crippen molar-refractivity contribution in [1.29, 1.82) is 0 Å². The topological polar surface area (TPSA) is 8.17 Å². The summed E-state index contributed by atoms with van der Waals surface area (Å²) in [4.78, 5) is 2.55. The first-order valence-electron chi connectivity index (χ1n) is 10.6. The molecule has 0 bridgehead atoms. The Kier molecular flexibility index (Phi) is 5.36. The van der Waals surface area contributed by atoms with Gasteiger partial charge in [-0.1, -0.05) is 56.3 Å². The van der Waals surface area contributed by atoms with Crippen LogP contribution in [-0.2, 0) is 19.9 Å². The van der Waals surface area contributed by atoms with Crippen LogP contribution in [0.3, 0.4) is 0 Å². The maximum atomic E-state index is 2.55. The molecule has 1 unspecified atom stereocenters. The largest absolute Gasteiger partial charge is 0.347 e. The zero-order valence-corrected chi connectivity index (χ0v) is 17.0. The molecule has 2 aromatic carbocycles. The van der Waals surface area contributed by atoms with Crippen LogP contribution >= 0.6 is 0 Å². The van der Waals surface area contributed by atoms with Gasteiger partial charge in [-0.05, 0) is 68.1 Å². The molecule has 1 heterocycles. The standard InChI is InChI=1S/C25H32N2/c1-4-27(5-2)18-10-14-21-20-12-7-6-11-19(20)16-17-24-25(21)22-13-8-9-15-23(22)26(24)3/h6-9,11-13,15,21H,4-5,10,14,16-18H2,1-3H3. The van der Waals surface area contributed by atoms with Crippen molar-refractivity contribution in [2.45, 2.75) is 45.4 Å². The summed E-state index contributed by atoms with van der Waals surface area (Å²) in [7, 11) is 2.25. The van der Waals surface area contributed by atoms with Gasteiger partial charge < -0.3 is 9.47 Å². The number of aromatic nitrogens is 1. The van der Waals surface area contributed by atoms with E-state index in [9.17, 15) is 0 Å². The van der Waals surface area contributed by atoms with Gasteiger partial charge in [0.05, 0.1) is 0 Å². The van der Waals surface area contributed by atoms with E-state index in [-0.39, 0.29) is 0 Å². The van der Waals surface area contributed by atoms with Crippen molar-refractivity contribution in [3.05, 3.63) is 70.9 Å². The molecule has 0 aliphatic heterocycles. The molecule has 27 heavy (non-hydrogen) atoms. The molecule has 1 aliphatic rings. The van der Waals surface area contributed by atoms with Crippen molar-refractivity contribution in [1.82, 2.24) is 9.47 Å². The third-order valence-electron chi connectivity index (χ3n) is 6.54. The van der Waals surface area contributed by atoms with E-state index < -0.39 is 0 Å². The summed E-state index contributed by atoms with van der Waals surface area (Å²) in [6, 6.07) is 18.2. The third kappa shape index (κ3) is 3.32. The lowest BCUT2D eigenvalue weighted by Crippen LogP contribution is -2.24. The van der Waals surface area contributed by atoms with E-state index in [0.29, 0.717) is 5.92 Å². The van der Waals surface area contributed by atoms with Crippen molar-refractivity contribution in [2.24, 2.45) is 7.05 Å². The van der Waals surface area contributed by atoms with Gasteiger partial charge in [0.25, 0.3) is 0 Å². The minimum atomic E-state index is 0.514. The highest BCUT2D eigenvalue weighted by molar-refractivity contribution is 5.87. The smallest absolute Gasteiger partial charge is 0.0483 e. The molecule has 0 saturated carbocycles. The second kappa shape index (κ2) is 7.90. The van der Waals surface area contributed by atoms with Crippen LogP contribution in [0.25, 0.3) is 10.9 Å². The number of aryl methyl sites for hydroxylation is 2. The molecular weight excluding hydrogens is 328 g/mol. The van der Waals surface area contributed by atoms with Crippen LogP contribution in [0, 0.1) is 0 Å². The van der Waals surface area contributed by atoms with Gasteiger partial charge in [-0.25, -0.2) is 0 Å². The van der Waals surface area contributed by atoms with Crippen LogP contribution in [-0.4, -0.2) is 29.1 Å². The average molecular weight is 361 g/mol. The second-order valence-electron chi connectivity index (χ2n) is 7.86. The average Bonchev–Trinajstić information content (AvgIpc) is 2.88. The molecule has 2 nitrogen and oxygen atoms in total. The van der Waals surface area contributed by atoms with E-state index in [1.165, 1.54) is 30.3 Å². The van der Waals surface area contributed by atoms with Crippen LogP contribution in [0.2, 0.25) is 0 Å². The summed E-state index contributed by atoms with van der Waals surface area (Å²) < 4.78 is 2.45. The van der Waals surface area contributed by atoms with Gasteiger partial charge in [0.1, 0.15) is 0 Å². The normalized spacial score (nSPS) is 16.4. The number of fused-ring (bicyclic) bond motifs is 4. The fourth-order valence-electron chi connectivity index (χ4n) is 5.04. The van der Waals surface area contributed by atoms with Crippen LogP contribution in [0.15, 0.2) is 48.5 Å². The molecule has 4 rings (SSSR count). The molecule has 3 aromatic rings. The quantitative estimate of drug-likeness (QED) is 0.561. The van der Waals surface area contributed by atoms with Gasteiger partial charge in [-0.2, -0.15) is 0 Å². The minimum absolute atomic E-state index is 0.514. The van der Waals surface area contributed by atoms with E-state index >= 15 is 0 Å². The summed E-state index contributed by atoms with van der Waals surface area (Å²) in [5.74, 6) is 0.514. The van der Waals surface area contributed by atoms with Crippen molar-refractivity contribution >= 4 is 10.9 Å². The first-order valence-corrected chi connectivity index (χ1v) is 10.6. The van der Waals surface area contributed by atoms with Gasteiger partial charge in [0.15, 0.2) is 0 Å². The Hall–Kier alpha value is -2.06. The fourth-order valence-corrected chi connectivity index (χ4v) is 5.04. The van der Waals surface area contributed by atoms with E-state index in [4.69, 9.17) is 0 Å². The monoisotopic (exact) mass is 360 g/mol. The Bertz CT molecular complexity index is 917. The first-order chi connectivity index (χ1) is 13.2. The summed E-state index contributed by atoms with van der Waals surface area (Å²) in [6.07, 6.45) is 4.78. The van der Waals surface area contributed by atoms with E-state index in [1.54, 1.807) is 22.4 Å². The molecule has 1 atom stereocenters. The predicted molar refractivity (Wildman–Crippen MR) is 116 cm³/mol. The van der Waals surface area contributed by atoms with E-state index in [1.807, 2.05) is 0 Å². The zero-order chi connectivity index (χ0) is 18.8. The van der Waals surface area contributed by atoms with Crippen molar-refractivity contribution in [2.75, 3.05) is 19.6 Å². The molecule has 1 aliphatic carbocycles. The van der Waals surface area contributed by atoms with Crippen LogP contribution in [0.1, 0.15) is 55.0 Å². The number of benzene rings is 2. The summed E-state index contributed by atoms with van der Waals surface area (Å²) >= 11 is 0. The molecule has 1 aromatic heterocycles. The fraction of sp³-hybridized carbons (Fsp3) is 0.440. The Morgan fingerprint density at radius 3 is 2.52 bits per heavy atom. The molecule has 0 amide bonds. The molecule has 0 radical (unpaired) electrons. The van der Waals surface area contributed by atoms with Gasteiger partial charge in [0, 0.05) is 29.6 Å². The van der Waals surface area contributed by atoms with Gasteiger partial charge in [0.2, 0.25) is 0 Å². The zero-order valence-electron chi connectivity index (χ0n) is 17.0. The third-order valence-corrected chi connectivity index (χ3v) is 6.54. The summed E-state index contributed by atoms with van der Waals surface area (Å²) in [5.41, 5.74) is 7.63. The molecule has 0 fully saturated rings. The highest BCUT2D eigenvalue weighted by atomic mass is 15.1. The maximum Gasteiger partial charge on any atom is 0.0483 e. The number of hydrogen-bond acceptors (Lipinski definition) is 1. The lowest BCUT2D eigenvalue weighted by molar-refractivity contribution is 0.295. The summed E-state index contributed by atoms with van der Waals surface area (Å²) in [5, 5.41) is 1.46. The van der Waals surface area contributed by atoms with E-state index in [0.717, 1.165) is 25.9 Å². The Balaban J connectivity index is 1.77. The second-order valence-corrected chi connectivity index (χ2v) is 7.86. The highest BCUT2D eigenvalue weighted by Gasteiger charge is 2.28. The van der Waals surface area contributed by atoms with Gasteiger partial charge in [-0.15, -0.1) is 0 Å². The highest BCUT2D eigenvalue weighted by Crippen LogP contribution is 2.42. The van der Waals surface area contributed by atoms with Crippen molar-refractivity contribution < 1.29 is 0 Å². The lowest BCUT2D eigenvalue weighted by atomic mass is 9.85. The number of hydrogen-bond donors (Lipinski definition) is 0.